The number of likely N-dealkylation sites (tertiary alicyclic amines) is 2. The largest absolute Gasteiger partial charge is 0.493 e. The summed E-state index contributed by atoms with van der Waals surface area (Å²) in [5.74, 6) is 0.718. The summed E-state index contributed by atoms with van der Waals surface area (Å²) in [6.45, 7) is 6.35. The first kappa shape index (κ1) is 27.5. The van der Waals surface area contributed by atoms with Crippen LogP contribution in [0.5, 0.6) is 5.75 Å². The quantitative estimate of drug-likeness (QED) is 0.455. The van der Waals surface area contributed by atoms with Crippen molar-refractivity contribution in [2.24, 2.45) is 5.41 Å². The van der Waals surface area contributed by atoms with Gasteiger partial charge in [0.25, 0.3) is 0 Å². The van der Waals surface area contributed by atoms with Crippen molar-refractivity contribution in [3.63, 3.8) is 0 Å². The van der Waals surface area contributed by atoms with E-state index in [0.717, 1.165) is 29.4 Å². The molecule has 0 spiro atoms. The van der Waals surface area contributed by atoms with Crippen molar-refractivity contribution in [3.8, 4) is 5.75 Å². The molecule has 5 rings (SSSR count). The highest BCUT2D eigenvalue weighted by molar-refractivity contribution is 6.32. The van der Waals surface area contributed by atoms with Gasteiger partial charge in [-0.1, -0.05) is 28.9 Å². The summed E-state index contributed by atoms with van der Waals surface area (Å²) in [7, 11) is 0. The average molecular weight is 554 g/mol. The molecule has 0 saturated carbocycles. The zero-order valence-corrected chi connectivity index (χ0v) is 23.4. The van der Waals surface area contributed by atoms with Crippen molar-refractivity contribution in [1.82, 2.24) is 15.0 Å². The number of amides is 2. The van der Waals surface area contributed by atoms with E-state index < -0.39 is 5.41 Å². The third kappa shape index (κ3) is 6.23. The maximum atomic E-state index is 13.5. The number of ether oxygens (including phenoxy) is 1. The second-order valence-electron chi connectivity index (χ2n) is 11.2. The summed E-state index contributed by atoms with van der Waals surface area (Å²) in [5.41, 5.74) is 2.62. The number of nitrogens with zero attached hydrogens (tertiary/aromatic N) is 3. The molecule has 1 atom stereocenters. The Bertz CT molecular complexity index is 1330. The van der Waals surface area contributed by atoms with Gasteiger partial charge in [0.1, 0.15) is 11.4 Å². The molecule has 9 heteroatoms. The van der Waals surface area contributed by atoms with Gasteiger partial charge in [-0.15, -0.1) is 0 Å². The van der Waals surface area contributed by atoms with E-state index >= 15 is 0 Å². The minimum absolute atomic E-state index is 0.0372. The van der Waals surface area contributed by atoms with Crippen LogP contribution >= 0.6 is 11.6 Å². The maximum Gasteiger partial charge on any atom is 0.228 e. The van der Waals surface area contributed by atoms with Crippen LogP contribution in [0.2, 0.25) is 5.02 Å². The Morgan fingerprint density at radius 2 is 1.82 bits per heavy atom. The molecule has 2 amide bonds. The number of aliphatic hydroxyl groups is 1. The van der Waals surface area contributed by atoms with E-state index in [2.05, 4.69) is 5.16 Å². The van der Waals surface area contributed by atoms with Crippen LogP contribution in [-0.2, 0) is 16.0 Å². The molecule has 208 valence electrons. The number of aromatic nitrogens is 1. The molecule has 0 unspecified atom stereocenters. The first-order valence-corrected chi connectivity index (χ1v) is 14.1. The van der Waals surface area contributed by atoms with Crippen LogP contribution in [0.15, 0.2) is 40.9 Å². The van der Waals surface area contributed by atoms with E-state index in [9.17, 15) is 14.7 Å². The monoisotopic (exact) mass is 553 g/mol. The second kappa shape index (κ2) is 11.6. The van der Waals surface area contributed by atoms with Gasteiger partial charge < -0.3 is 24.2 Å². The third-order valence-corrected chi connectivity index (χ3v) is 8.68. The average Bonchev–Trinajstić information content (AvgIpc) is 3.33. The number of para-hydroxylation sites is 1. The van der Waals surface area contributed by atoms with Gasteiger partial charge in [-0.3, -0.25) is 9.59 Å². The lowest BCUT2D eigenvalue weighted by Crippen LogP contribution is -2.52. The Morgan fingerprint density at radius 3 is 2.56 bits per heavy atom. The Balaban J connectivity index is 1.34. The number of hydrogen-bond acceptors (Lipinski definition) is 6. The smallest absolute Gasteiger partial charge is 0.228 e. The highest BCUT2D eigenvalue weighted by atomic mass is 35.5. The number of benzene rings is 2. The number of carbonyl (C=O) groups excluding carboxylic acids is 2. The van der Waals surface area contributed by atoms with Gasteiger partial charge in [-0.2, -0.15) is 0 Å². The summed E-state index contributed by atoms with van der Waals surface area (Å²) in [6, 6.07) is 11.4. The summed E-state index contributed by atoms with van der Waals surface area (Å²) >= 11 is 6.36. The lowest BCUT2D eigenvalue weighted by atomic mass is 9.77. The zero-order chi connectivity index (χ0) is 27.6. The van der Waals surface area contributed by atoms with Gasteiger partial charge in [-0.05, 0) is 74.9 Å². The van der Waals surface area contributed by atoms with Gasteiger partial charge in [-0.25, -0.2) is 0 Å². The molecule has 1 aromatic heterocycles. The number of hydrogen-bond donors (Lipinski definition) is 1. The molecule has 2 fully saturated rings. The minimum Gasteiger partial charge on any atom is -0.493 e. The normalized spacial score (nSPS) is 20.4. The predicted molar refractivity (Wildman–Crippen MR) is 149 cm³/mol. The van der Waals surface area contributed by atoms with Crippen molar-refractivity contribution < 1.29 is 24.0 Å². The van der Waals surface area contributed by atoms with E-state index in [1.165, 1.54) is 0 Å². The Labute approximate surface area is 233 Å². The van der Waals surface area contributed by atoms with E-state index in [4.69, 9.17) is 20.9 Å². The maximum absolute atomic E-state index is 13.5. The lowest BCUT2D eigenvalue weighted by molar-refractivity contribution is -0.142. The number of carbonyl (C=O) groups is 2. The zero-order valence-electron chi connectivity index (χ0n) is 22.6. The van der Waals surface area contributed by atoms with E-state index in [1.807, 2.05) is 60.0 Å². The van der Waals surface area contributed by atoms with Gasteiger partial charge >= 0.3 is 0 Å². The fourth-order valence-corrected chi connectivity index (χ4v) is 5.94. The summed E-state index contributed by atoms with van der Waals surface area (Å²) < 4.78 is 11.7. The Morgan fingerprint density at radius 1 is 1.10 bits per heavy atom. The van der Waals surface area contributed by atoms with Crippen molar-refractivity contribution in [2.45, 2.75) is 58.5 Å². The molecule has 3 heterocycles. The first-order chi connectivity index (χ1) is 18.7. The number of piperidine rings is 2. The van der Waals surface area contributed by atoms with Gasteiger partial charge in [0.15, 0.2) is 5.58 Å². The molecule has 2 saturated heterocycles. The molecule has 0 bridgehead atoms. The molecule has 3 aromatic rings. The Hall–Kier alpha value is -3.10. The fourth-order valence-electron chi connectivity index (χ4n) is 5.83. The van der Waals surface area contributed by atoms with Crippen LogP contribution in [0.25, 0.3) is 11.0 Å². The summed E-state index contributed by atoms with van der Waals surface area (Å²) in [5, 5.41) is 15.6. The number of aryl methyl sites for hydroxylation is 2. The number of fused-ring (bicyclic) bond motifs is 1. The van der Waals surface area contributed by atoms with Crippen LogP contribution in [-0.4, -0.2) is 70.8 Å². The molecule has 2 aliphatic heterocycles. The van der Waals surface area contributed by atoms with Gasteiger partial charge in [0, 0.05) is 48.4 Å². The van der Waals surface area contributed by atoms with E-state index in [-0.39, 0.29) is 30.8 Å². The predicted octanol–water partition coefficient (Wildman–Crippen LogP) is 4.70. The van der Waals surface area contributed by atoms with Crippen LogP contribution in [0.1, 0.15) is 48.9 Å². The van der Waals surface area contributed by atoms with Crippen molar-refractivity contribution in [1.29, 1.82) is 0 Å². The summed E-state index contributed by atoms with van der Waals surface area (Å²) in [4.78, 5) is 30.6. The second-order valence-corrected chi connectivity index (χ2v) is 11.5. The van der Waals surface area contributed by atoms with Crippen molar-refractivity contribution >= 4 is 34.4 Å². The molecular weight excluding hydrogens is 518 g/mol. The first-order valence-electron chi connectivity index (χ1n) is 13.7. The molecule has 8 nitrogen and oxygen atoms in total. The number of aliphatic hydroxyl groups excluding tert-OH is 1. The molecule has 1 N–H and O–H groups in total. The van der Waals surface area contributed by atoms with Gasteiger partial charge in [0.2, 0.25) is 11.8 Å². The SMILES string of the molecule is Cc1cc(OC[C@@]2(CC(=O)N3CCC(O)CC3)CCCN(C(=O)Cc3noc4ccccc34)C2)cc(C)c1Cl. The standard InChI is InChI=1S/C30H36ClN3O5/c1-20-14-23(15-21(2)29(20)31)38-19-30(17-28(37)33-12-8-22(35)9-13-33)10-5-11-34(18-30)27(36)16-25-24-6-3-4-7-26(24)39-32-25/h3-4,6-7,14-15,22,35H,5,8-13,16-19H2,1-2H3/t30-/m1/s1. The Kier molecular flexibility index (Phi) is 8.14. The molecule has 2 aromatic carbocycles. The third-order valence-electron chi connectivity index (χ3n) is 8.08. The van der Waals surface area contributed by atoms with E-state index in [0.29, 0.717) is 67.7 Å². The molecule has 0 aliphatic carbocycles. The van der Waals surface area contributed by atoms with Crippen LogP contribution < -0.4 is 4.74 Å². The van der Waals surface area contributed by atoms with Crippen molar-refractivity contribution in [3.05, 3.63) is 58.2 Å². The lowest BCUT2D eigenvalue weighted by Gasteiger charge is -2.43. The summed E-state index contributed by atoms with van der Waals surface area (Å²) in [6.07, 6.45) is 2.81. The van der Waals surface area contributed by atoms with Crippen molar-refractivity contribution in [2.75, 3.05) is 32.8 Å². The molecule has 0 radical (unpaired) electrons. The van der Waals surface area contributed by atoms with E-state index in [1.54, 1.807) is 0 Å². The van der Waals surface area contributed by atoms with Gasteiger partial charge in [0.05, 0.1) is 19.1 Å². The van der Waals surface area contributed by atoms with Crippen LogP contribution in [0.3, 0.4) is 0 Å². The van der Waals surface area contributed by atoms with Crippen LogP contribution in [0, 0.1) is 19.3 Å². The topological polar surface area (TPSA) is 96.1 Å². The molecule has 2 aliphatic rings. The highest BCUT2D eigenvalue weighted by Gasteiger charge is 2.41. The highest BCUT2D eigenvalue weighted by Crippen LogP contribution is 2.37. The number of rotatable bonds is 7. The molecular formula is C30H36ClN3O5. The van der Waals surface area contributed by atoms with Crippen LogP contribution in [0.4, 0.5) is 0 Å². The molecule has 39 heavy (non-hydrogen) atoms. The number of halogens is 1. The fraction of sp³-hybridized carbons (Fsp3) is 0.500. The minimum atomic E-state index is -0.533.